The normalized spacial score (nSPS) is 15.8. The molecule has 0 atom stereocenters. The first-order chi connectivity index (χ1) is 12.9. The molecule has 5 nitrogen and oxygen atoms in total. The van der Waals surface area contributed by atoms with Gasteiger partial charge in [-0.2, -0.15) is 4.31 Å². The number of nitrogens with zero attached hydrogens (tertiary/aromatic N) is 2. The van der Waals surface area contributed by atoms with Crippen LogP contribution in [-0.2, 0) is 16.4 Å². The van der Waals surface area contributed by atoms with Gasteiger partial charge in [0.2, 0.25) is 10.0 Å². The van der Waals surface area contributed by atoms with Crippen LogP contribution in [0.4, 0.5) is 5.69 Å². The first kappa shape index (κ1) is 19.7. The van der Waals surface area contributed by atoms with E-state index in [9.17, 15) is 8.42 Å². The minimum Gasteiger partial charge on any atom is -0.496 e. The molecule has 0 N–H and O–H groups in total. The van der Waals surface area contributed by atoms with Crippen LogP contribution in [0.25, 0.3) is 0 Å². The highest BCUT2D eigenvalue weighted by Gasteiger charge is 2.30. The zero-order valence-corrected chi connectivity index (χ0v) is 17.3. The van der Waals surface area contributed by atoms with Crippen molar-refractivity contribution < 1.29 is 13.2 Å². The van der Waals surface area contributed by atoms with Gasteiger partial charge in [-0.05, 0) is 55.2 Å². The summed E-state index contributed by atoms with van der Waals surface area (Å²) in [6, 6.07) is 11.8. The van der Waals surface area contributed by atoms with E-state index in [1.54, 1.807) is 23.5 Å². The van der Waals surface area contributed by atoms with Gasteiger partial charge in [0, 0.05) is 31.9 Å². The van der Waals surface area contributed by atoms with E-state index < -0.39 is 10.0 Å². The van der Waals surface area contributed by atoms with E-state index in [0.717, 1.165) is 17.5 Å². The summed E-state index contributed by atoms with van der Waals surface area (Å²) in [7, 11) is -1.91. The van der Waals surface area contributed by atoms with Crippen LogP contribution in [0.3, 0.4) is 0 Å². The van der Waals surface area contributed by atoms with Crippen LogP contribution in [0.15, 0.2) is 41.3 Å². The molecule has 146 valence electrons. The van der Waals surface area contributed by atoms with Crippen molar-refractivity contribution in [3.63, 3.8) is 0 Å². The first-order valence-electron chi connectivity index (χ1n) is 9.37. The number of hydrogen-bond acceptors (Lipinski definition) is 4. The number of hydrogen-bond donors (Lipinski definition) is 0. The molecule has 3 rings (SSSR count). The molecular formula is C21H28N2O3S. The number of para-hydroxylation sites is 1. The van der Waals surface area contributed by atoms with Gasteiger partial charge in [-0.1, -0.05) is 25.1 Å². The Bertz CT molecular complexity index is 917. The monoisotopic (exact) mass is 388 g/mol. The van der Waals surface area contributed by atoms with Crippen molar-refractivity contribution in [2.45, 2.75) is 32.1 Å². The number of ether oxygens (including phenoxy) is 1. The SMILES string of the molecule is CCc1ccccc1N1CCN(S(=O)(=O)c2ccc(OC)c(C)c2C)CC1. The summed E-state index contributed by atoms with van der Waals surface area (Å²) in [6.07, 6.45) is 0.971. The van der Waals surface area contributed by atoms with Crippen LogP contribution in [0.2, 0.25) is 0 Å². The molecule has 0 spiro atoms. The summed E-state index contributed by atoms with van der Waals surface area (Å²) < 4.78 is 33.3. The van der Waals surface area contributed by atoms with Crippen molar-refractivity contribution in [2.24, 2.45) is 0 Å². The number of rotatable bonds is 5. The molecule has 1 saturated heterocycles. The Hall–Kier alpha value is -2.05. The molecular weight excluding hydrogens is 360 g/mol. The van der Waals surface area contributed by atoms with Gasteiger partial charge in [-0.25, -0.2) is 8.42 Å². The van der Waals surface area contributed by atoms with Crippen molar-refractivity contribution in [3.05, 3.63) is 53.1 Å². The Morgan fingerprint density at radius 3 is 2.26 bits per heavy atom. The second-order valence-corrected chi connectivity index (χ2v) is 8.80. The molecule has 6 heteroatoms. The van der Waals surface area contributed by atoms with E-state index in [1.807, 2.05) is 19.9 Å². The summed E-state index contributed by atoms with van der Waals surface area (Å²) in [4.78, 5) is 2.67. The van der Waals surface area contributed by atoms with Crippen LogP contribution >= 0.6 is 0 Å². The highest BCUT2D eigenvalue weighted by atomic mass is 32.2. The minimum absolute atomic E-state index is 0.378. The maximum Gasteiger partial charge on any atom is 0.243 e. The number of methoxy groups -OCH3 is 1. The molecule has 0 amide bonds. The largest absolute Gasteiger partial charge is 0.496 e. The molecule has 0 aromatic heterocycles. The van der Waals surface area contributed by atoms with Crippen LogP contribution in [0.1, 0.15) is 23.6 Å². The summed E-state index contributed by atoms with van der Waals surface area (Å²) in [5, 5.41) is 0. The highest BCUT2D eigenvalue weighted by molar-refractivity contribution is 7.89. The van der Waals surface area contributed by atoms with Gasteiger partial charge < -0.3 is 9.64 Å². The Morgan fingerprint density at radius 1 is 0.963 bits per heavy atom. The van der Waals surface area contributed by atoms with Gasteiger partial charge in [0.15, 0.2) is 0 Å². The Morgan fingerprint density at radius 2 is 1.63 bits per heavy atom. The Balaban J connectivity index is 1.80. The van der Waals surface area contributed by atoms with Crippen molar-refractivity contribution in [1.29, 1.82) is 0 Å². The molecule has 0 bridgehead atoms. The molecule has 0 radical (unpaired) electrons. The summed E-state index contributed by atoms with van der Waals surface area (Å²) in [5.41, 5.74) is 4.14. The number of benzene rings is 2. The van der Waals surface area contributed by atoms with Gasteiger partial charge in [0.25, 0.3) is 0 Å². The number of anilines is 1. The first-order valence-corrected chi connectivity index (χ1v) is 10.8. The van der Waals surface area contributed by atoms with E-state index in [-0.39, 0.29) is 0 Å². The van der Waals surface area contributed by atoms with E-state index in [2.05, 4.69) is 30.0 Å². The second-order valence-electron chi connectivity index (χ2n) is 6.89. The Kier molecular flexibility index (Phi) is 5.77. The molecule has 0 saturated carbocycles. The third-order valence-corrected chi connectivity index (χ3v) is 7.52. The molecule has 2 aromatic rings. The maximum atomic E-state index is 13.2. The molecule has 0 aliphatic carbocycles. The van der Waals surface area contributed by atoms with Crippen molar-refractivity contribution >= 4 is 15.7 Å². The van der Waals surface area contributed by atoms with Gasteiger partial charge in [0.1, 0.15) is 5.75 Å². The zero-order chi connectivity index (χ0) is 19.6. The fourth-order valence-electron chi connectivity index (χ4n) is 3.70. The predicted octanol–water partition coefficient (Wildman–Crippen LogP) is 3.39. The average molecular weight is 389 g/mol. The van der Waals surface area contributed by atoms with E-state index >= 15 is 0 Å². The number of aryl methyl sites for hydroxylation is 1. The van der Waals surface area contributed by atoms with Crippen molar-refractivity contribution in [3.8, 4) is 5.75 Å². The van der Waals surface area contributed by atoms with E-state index in [4.69, 9.17) is 4.74 Å². The highest BCUT2D eigenvalue weighted by Crippen LogP contribution is 2.30. The molecule has 2 aromatic carbocycles. The molecule has 1 fully saturated rings. The molecule has 0 unspecified atom stereocenters. The van der Waals surface area contributed by atoms with Crippen LogP contribution in [0.5, 0.6) is 5.75 Å². The van der Waals surface area contributed by atoms with E-state index in [0.29, 0.717) is 36.8 Å². The van der Waals surface area contributed by atoms with Crippen LogP contribution in [0, 0.1) is 13.8 Å². The van der Waals surface area contributed by atoms with Gasteiger partial charge >= 0.3 is 0 Å². The third kappa shape index (κ3) is 3.69. The van der Waals surface area contributed by atoms with Crippen LogP contribution < -0.4 is 9.64 Å². The molecule has 1 aliphatic heterocycles. The number of piperazine rings is 1. The lowest BCUT2D eigenvalue weighted by molar-refractivity contribution is 0.384. The lowest BCUT2D eigenvalue weighted by atomic mass is 10.1. The minimum atomic E-state index is -3.51. The Labute approximate surface area is 162 Å². The molecule has 1 heterocycles. The maximum absolute atomic E-state index is 13.2. The standard InChI is InChI=1S/C21H28N2O3S/c1-5-18-8-6-7-9-19(18)22-12-14-23(15-13-22)27(24,25)21-11-10-20(26-4)16(2)17(21)3/h6-11H,5,12-15H2,1-4H3. The van der Waals surface area contributed by atoms with Gasteiger partial charge in [-0.3, -0.25) is 0 Å². The van der Waals surface area contributed by atoms with Crippen molar-refractivity contribution in [1.82, 2.24) is 4.31 Å². The molecule has 27 heavy (non-hydrogen) atoms. The van der Waals surface area contributed by atoms with E-state index in [1.165, 1.54) is 11.3 Å². The van der Waals surface area contributed by atoms with Gasteiger partial charge in [-0.15, -0.1) is 0 Å². The number of sulfonamides is 1. The topological polar surface area (TPSA) is 49.9 Å². The quantitative estimate of drug-likeness (QED) is 0.788. The second kappa shape index (κ2) is 7.90. The third-order valence-electron chi connectivity index (χ3n) is 5.48. The van der Waals surface area contributed by atoms with Crippen LogP contribution in [-0.4, -0.2) is 46.0 Å². The predicted molar refractivity (Wildman–Crippen MR) is 109 cm³/mol. The lowest BCUT2D eigenvalue weighted by Gasteiger charge is -2.36. The van der Waals surface area contributed by atoms with Crippen molar-refractivity contribution in [2.75, 3.05) is 38.2 Å². The fourth-order valence-corrected chi connectivity index (χ4v) is 5.40. The summed E-state index contributed by atoms with van der Waals surface area (Å²) in [6.45, 7) is 8.27. The smallest absolute Gasteiger partial charge is 0.243 e. The zero-order valence-electron chi connectivity index (χ0n) is 16.5. The fraction of sp³-hybridized carbons (Fsp3) is 0.429. The lowest BCUT2D eigenvalue weighted by Crippen LogP contribution is -2.49. The molecule has 1 aliphatic rings. The average Bonchev–Trinajstić information content (AvgIpc) is 2.70. The summed E-state index contributed by atoms with van der Waals surface area (Å²) in [5.74, 6) is 0.715. The van der Waals surface area contributed by atoms with Gasteiger partial charge in [0.05, 0.1) is 12.0 Å². The summed E-state index contributed by atoms with van der Waals surface area (Å²) >= 11 is 0.